The van der Waals surface area contributed by atoms with E-state index in [0.717, 1.165) is 5.56 Å². The number of pyridine rings is 1. The van der Waals surface area contributed by atoms with E-state index in [1.165, 1.54) is 4.90 Å². The number of aliphatic hydroxyl groups excluding tert-OH is 1. The number of aryl methyl sites for hydroxylation is 1. The SMILES string of the molecule is Cc1ccc(N2C(=O)C(=O)/C(=C(\O)c3ccc(Cl)cc3)C2c2cccnc2)cc1. The van der Waals surface area contributed by atoms with Gasteiger partial charge in [-0.2, -0.15) is 0 Å². The zero-order valence-corrected chi connectivity index (χ0v) is 16.3. The first kappa shape index (κ1) is 18.9. The molecular weight excluding hydrogens is 388 g/mol. The maximum Gasteiger partial charge on any atom is 0.300 e. The van der Waals surface area contributed by atoms with Crippen molar-refractivity contribution >= 4 is 34.7 Å². The standard InChI is InChI=1S/C23H17ClN2O3/c1-14-4-10-18(11-5-14)26-20(16-3-2-12-25-13-16)19(22(28)23(26)29)21(27)15-6-8-17(24)9-7-15/h2-13,20,27H,1H3/b21-19-. The number of hydrogen-bond acceptors (Lipinski definition) is 4. The molecule has 1 unspecified atom stereocenters. The smallest absolute Gasteiger partial charge is 0.300 e. The number of rotatable bonds is 3. The molecule has 1 fully saturated rings. The van der Waals surface area contributed by atoms with Crippen LogP contribution in [0.3, 0.4) is 0 Å². The quantitative estimate of drug-likeness (QED) is 0.391. The summed E-state index contributed by atoms with van der Waals surface area (Å²) in [6, 6.07) is 16.5. The number of halogens is 1. The molecule has 1 aliphatic rings. The Bertz CT molecular complexity index is 1110. The third-order valence-corrected chi connectivity index (χ3v) is 5.13. The Balaban J connectivity index is 1.93. The number of hydrogen-bond donors (Lipinski definition) is 1. The van der Waals surface area contributed by atoms with Gasteiger partial charge in [0.25, 0.3) is 11.7 Å². The van der Waals surface area contributed by atoms with Gasteiger partial charge in [0.05, 0.1) is 11.6 Å². The number of amides is 1. The molecular formula is C23H17ClN2O3. The topological polar surface area (TPSA) is 70.5 Å². The highest BCUT2D eigenvalue weighted by atomic mass is 35.5. The Kier molecular flexibility index (Phi) is 4.91. The van der Waals surface area contributed by atoms with Crippen molar-refractivity contribution in [1.82, 2.24) is 4.98 Å². The number of carbonyl (C=O) groups excluding carboxylic acids is 2. The first-order chi connectivity index (χ1) is 14.0. The molecule has 4 rings (SSSR count). The number of aromatic nitrogens is 1. The van der Waals surface area contributed by atoms with Crippen molar-refractivity contribution in [2.75, 3.05) is 4.90 Å². The Morgan fingerprint density at radius 2 is 1.72 bits per heavy atom. The van der Waals surface area contributed by atoms with Crippen LogP contribution < -0.4 is 4.90 Å². The maximum absolute atomic E-state index is 13.0. The number of nitrogens with zero attached hydrogens (tertiary/aromatic N) is 2. The predicted molar refractivity (Wildman–Crippen MR) is 112 cm³/mol. The van der Waals surface area contributed by atoms with Gasteiger partial charge in [-0.25, -0.2) is 0 Å². The van der Waals surface area contributed by atoms with Crippen LogP contribution in [0.2, 0.25) is 5.02 Å². The van der Waals surface area contributed by atoms with Crippen LogP contribution in [0, 0.1) is 6.92 Å². The normalized spacial score (nSPS) is 18.3. The van der Waals surface area contributed by atoms with E-state index in [2.05, 4.69) is 4.98 Å². The van der Waals surface area contributed by atoms with Crippen LogP contribution in [0.1, 0.15) is 22.7 Å². The largest absolute Gasteiger partial charge is 0.507 e. The molecule has 6 heteroatoms. The van der Waals surface area contributed by atoms with Gasteiger partial charge < -0.3 is 5.11 Å². The first-order valence-corrected chi connectivity index (χ1v) is 9.38. The summed E-state index contributed by atoms with van der Waals surface area (Å²) in [5.41, 5.74) is 2.66. The second kappa shape index (κ2) is 7.53. The van der Waals surface area contributed by atoms with Crippen molar-refractivity contribution in [2.45, 2.75) is 13.0 Å². The highest BCUT2D eigenvalue weighted by molar-refractivity contribution is 6.51. The molecule has 144 valence electrons. The summed E-state index contributed by atoms with van der Waals surface area (Å²) in [6.07, 6.45) is 3.20. The van der Waals surface area contributed by atoms with Gasteiger partial charge in [-0.05, 0) is 55.0 Å². The highest BCUT2D eigenvalue weighted by Crippen LogP contribution is 2.41. The third kappa shape index (κ3) is 3.41. The van der Waals surface area contributed by atoms with Crippen LogP contribution in [0.15, 0.2) is 78.6 Å². The lowest BCUT2D eigenvalue weighted by Gasteiger charge is -2.25. The minimum Gasteiger partial charge on any atom is -0.507 e. The number of benzene rings is 2. The van der Waals surface area contributed by atoms with E-state index in [1.807, 2.05) is 19.1 Å². The van der Waals surface area contributed by atoms with Gasteiger partial charge in [-0.3, -0.25) is 19.5 Å². The van der Waals surface area contributed by atoms with Crippen LogP contribution in [0.4, 0.5) is 5.69 Å². The summed E-state index contributed by atoms with van der Waals surface area (Å²) < 4.78 is 0. The summed E-state index contributed by atoms with van der Waals surface area (Å²) >= 11 is 5.93. The molecule has 1 aliphatic heterocycles. The fourth-order valence-electron chi connectivity index (χ4n) is 3.42. The van der Waals surface area contributed by atoms with Crippen molar-refractivity contribution in [3.8, 4) is 0 Å². The summed E-state index contributed by atoms with van der Waals surface area (Å²) in [7, 11) is 0. The minimum atomic E-state index is -0.790. The van der Waals surface area contributed by atoms with Gasteiger partial charge >= 0.3 is 0 Å². The van der Waals surface area contributed by atoms with Gasteiger partial charge in [0, 0.05) is 28.7 Å². The molecule has 1 aromatic heterocycles. The van der Waals surface area contributed by atoms with Crippen molar-refractivity contribution in [1.29, 1.82) is 0 Å². The number of ketones is 1. The monoisotopic (exact) mass is 404 g/mol. The Labute approximate surface area is 172 Å². The Morgan fingerprint density at radius 3 is 2.34 bits per heavy atom. The average Bonchev–Trinajstić information content (AvgIpc) is 3.00. The fourth-order valence-corrected chi connectivity index (χ4v) is 3.55. The molecule has 1 saturated heterocycles. The molecule has 2 heterocycles. The van der Waals surface area contributed by atoms with Crippen LogP contribution in [0.25, 0.3) is 5.76 Å². The predicted octanol–water partition coefficient (Wildman–Crippen LogP) is 4.67. The van der Waals surface area contributed by atoms with Crippen molar-refractivity contribution in [3.05, 3.63) is 100 Å². The Hall–Kier alpha value is -3.44. The van der Waals surface area contributed by atoms with Crippen LogP contribution in [-0.2, 0) is 9.59 Å². The van der Waals surface area contributed by atoms with E-state index in [1.54, 1.807) is 60.9 Å². The lowest BCUT2D eigenvalue weighted by molar-refractivity contribution is -0.132. The average molecular weight is 405 g/mol. The van der Waals surface area contributed by atoms with E-state index in [9.17, 15) is 14.7 Å². The number of carbonyl (C=O) groups is 2. The molecule has 0 radical (unpaired) electrons. The molecule has 5 nitrogen and oxygen atoms in total. The van der Waals surface area contributed by atoms with Gasteiger partial charge in [0.2, 0.25) is 0 Å². The van der Waals surface area contributed by atoms with E-state index in [4.69, 9.17) is 11.6 Å². The lowest BCUT2D eigenvalue weighted by atomic mass is 9.96. The van der Waals surface area contributed by atoms with Crippen LogP contribution in [-0.4, -0.2) is 21.8 Å². The molecule has 0 spiro atoms. The fraction of sp³-hybridized carbons (Fsp3) is 0.0870. The molecule has 0 aliphatic carbocycles. The summed E-state index contributed by atoms with van der Waals surface area (Å²) in [4.78, 5) is 31.5. The zero-order chi connectivity index (χ0) is 20.5. The van der Waals surface area contributed by atoms with E-state index in [-0.39, 0.29) is 11.3 Å². The number of Topliss-reactive ketones (excluding diaryl/α,β-unsaturated/α-hetero) is 1. The third-order valence-electron chi connectivity index (χ3n) is 4.87. The van der Waals surface area contributed by atoms with Gasteiger partial charge in [-0.1, -0.05) is 35.4 Å². The van der Waals surface area contributed by atoms with Crippen molar-refractivity contribution < 1.29 is 14.7 Å². The van der Waals surface area contributed by atoms with Crippen LogP contribution in [0.5, 0.6) is 0 Å². The molecule has 1 atom stereocenters. The summed E-state index contributed by atoms with van der Waals surface area (Å²) in [5.74, 6) is -1.69. The van der Waals surface area contributed by atoms with E-state index in [0.29, 0.717) is 21.8 Å². The molecule has 29 heavy (non-hydrogen) atoms. The molecule has 1 N–H and O–H groups in total. The summed E-state index contributed by atoms with van der Waals surface area (Å²) in [5, 5.41) is 11.5. The molecule has 2 aromatic carbocycles. The van der Waals surface area contributed by atoms with Crippen molar-refractivity contribution in [3.63, 3.8) is 0 Å². The van der Waals surface area contributed by atoms with Crippen LogP contribution >= 0.6 is 11.6 Å². The van der Waals surface area contributed by atoms with Gasteiger partial charge in [0.15, 0.2) is 0 Å². The second-order valence-corrected chi connectivity index (χ2v) is 7.23. The molecule has 3 aromatic rings. The summed E-state index contributed by atoms with van der Waals surface area (Å²) in [6.45, 7) is 1.94. The second-order valence-electron chi connectivity index (χ2n) is 6.80. The highest BCUT2D eigenvalue weighted by Gasteiger charge is 2.47. The van der Waals surface area contributed by atoms with E-state index < -0.39 is 17.7 Å². The number of anilines is 1. The maximum atomic E-state index is 13.0. The first-order valence-electron chi connectivity index (χ1n) is 9.01. The lowest BCUT2D eigenvalue weighted by Crippen LogP contribution is -2.29. The molecule has 1 amide bonds. The zero-order valence-electron chi connectivity index (χ0n) is 15.5. The molecule has 0 saturated carbocycles. The van der Waals surface area contributed by atoms with Gasteiger partial charge in [0.1, 0.15) is 5.76 Å². The van der Waals surface area contributed by atoms with Crippen molar-refractivity contribution in [2.24, 2.45) is 0 Å². The van der Waals surface area contributed by atoms with E-state index >= 15 is 0 Å². The molecule has 0 bridgehead atoms. The number of aliphatic hydroxyl groups is 1. The minimum absolute atomic E-state index is 0.0193. The Morgan fingerprint density at radius 1 is 1.03 bits per heavy atom. The van der Waals surface area contributed by atoms with Gasteiger partial charge in [-0.15, -0.1) is 0 Å².